The lowest BCUT2D eigenvalue weighted by Crippen LogP contribution is -2.51. The first-order valence-corrected chi connectivity index (χ1v) is 20.5. The lowest BCUT2D eigenvalue weighted by Gasteiger charge is -2.35. The Morgan fingerprint density at radius 3 is 2.32 bits per heavy atom. The lowest BCUT2D eigenvalue weighted by atomic mass is 9.98. The molecular formula is C45H49F2N7O5. The van der Waals surface area contributed by atoms with Crippen LogP contribution in [0.1, 0.15) is 102 Å². The van der Waals surface area contributed by atoms with Crippen LogP contribution in [0.15, 0.2) is 60.8 Å². The minimum atomic E-state index is -3.26. The van der Waals surface area contributed by atoms with Gasteiger partial charge in [-0.2, -0.15) is 8.78 Å². The third kappa shape index (κ3) is 6.70. The highest BCUT2D eigenvalue weighted by Crippen LogP contribution is 2.53. The molecule has 59 heavy (non-hydrogen) atoms. The third-order valence-electron chi connectivity index (χ3n) is 12.5. The number of alkyl halides is 2. The van der Waals surface area contributed by atoms with E-state index in [-0.39, 0.29) is 53.1 Å². The van der Waals surface area contributed by atoms with Crippen molar-refractivity contribution < 1.29 is 32.6 Å². The van der Waals surface area contributed by atoms with Gasteiger partial charge in [0.05, 0.1) is 42.1 Å². The number of hydrogen-bond donors (Lipinski definition) is 3. The number of methoxy groups -OCH3 is 1. The Morgan fingerprint density at radius 1 is 0.915 bits per heavy atom. The quantitative estimate of drug-likeness (QED) is 0.149. The van der Waals surface area contributed by atoms with E-state index in [1.807, 2.05) is 69.9 Å². The summed E-state index contributed by atoms with van der Waals surface area (Å²) in [5.74, 6) is -2.09. The Labute approximate surface area is 341 Å². The standard InChI is InChI=1S/C45H49F2N7O5/c1-23(2)37(52-42(56)58-6)41(55)53-17-7-8-36(53)39-48-22-35(51-39)26-11-15-30-29-14-10-24(19-31(29)45(46,47)32(30)20-26)25-12-16-33-34(21-25)50-40(49-33)38-27-9-13-28(18-27)54(38)43(57)59-44(3,4)5/h10-12,14-16,19-23,27-28,36-38H,7-9,13,17-18H2,1-6H3,(H,48,51)(H,49,50)(H,52,56). The molecule has 2 aliphatic carbocycles. The van der Waals surface area contributed by atoms with E-state index in [0.29, 0.717) is 52.6 Å². The van der Waals surface area contributed by atoms with Crippen LogP contribution in [0, 0.1) is 11.8 Å². The molecule has 3 fully saturated rings. The Bertz CT molecular complexity index is 2490. The first kappa shape index (κ1) is 38.7. The number of amides is 3. The molecular weight excluding hydrogens is 757 g/mol. The number of benzene rings is 3. The number of imidazole rings is 2. The number of hydrogen-bond acceptors (Lipinski definition) is 7. The Hall–Kier alpha value is -5.79. The second-order valence-corrected chi connectivity index (χ2v) is 17.7. The molecule has 2 bridgehead atoms. The summed E-state index contributed by atoms with van der Waals surface area (Å²) in [5.41, 5.74) is 4.25. The van der Waals surface area contributed by atoms with Gasteiger partial charge < -0.3 is 29.7 Å². The van der Waals surface area contributed by atoms with Crippen LogP contribution in [-0.4, -0.2) is 79.2 Å². The van der Waals surface area contributed by atoms with Crippen molar-refractivity contribution in [3.05, 3.63) is 83.6 Å². The van der Waals surface area contributed by atoms with Crippen molar-refractivity contribution in [2.24, 2.45) is 11.8 Å². The van der Waals surface area contributed by atoms with Gasteiger partial charge in [-0.1, -0.05) is 44.2 Å². The molecule has 4 heterocycles. The smallest absolute Gasteiger partial charge is 0.411 e. The fraction of sp³-hybridized carbons (Fsp3) is 0.444. The number of aromatic amines is 2. The average molecular weight is 806 g/mol. The first-order chi connectivity index (χ1) is 28.1. The van der Waals surface area contributed by atoms with Crippen molar-refractivity contribution in [3.8, 4) is 33.5 Å². The number of alkyl carbamates (subject to hydrolysis) is 1. The monoisotopic (exact) mass is 805 g/mol. The molecule has 308 valence electrons. The van der Waals surface area contributed by atoms with Crippen molar-refractivity contribution in [1.82, 2.24) is 35.1 Å². The van der Waals surface area contributed by atoms with Gasteiger partial charge >= 0.3 is 12.2 Å². The summed E-state index contributed by atoms with van der Waals surface area (Å²) >= 11 is 0. The van der Waals surface area contributed by atoms with Gasteiger partial charge in [-0.05, 0) is 111 Å². The topological polar surface area (TPSA) is 146 Å². The largest absolute Gasteiger partial charge is 0.453 e. The van der Waals surface area contributed by atoms with E-state index in [2.05, 4.69) is 20.3 Å². The number of fused-ring (bicyclic) bond motifs is 6. The summed E-state index contributed by atoms with van der Waals surface area (Å²) in [5, 5.41) is 2.66. The number of carbonyl (C=O) groups excluding carboxylic acids is 3. The Kier molecular flexibility index (Phi) is 9.31. The summed E-state index contributed by atoms with van der Waals surface area (Å²) in [6, 6.07) is 14.8. The number of H-pyrrole nitrogens is 2. The van der Waals surface area contributed by atoms with Gasteiger partial charge in [-0.15, -0.1) is 0 Å². The summed E-state index contributed by atoms with van der Waals surface area (Å²) < 4.78 is 43.6. The van der Waals surface area contributed by atoms with E-state index < -0.39 is 23.7 Å². The van der Waals surface area contributed by atoms with Crippen molar-refractivity contribution in [3.63, 3.8) is 0 Å². The molecule has 4 aliphatic rings. The second kappa shape index (κ2) is 14.2. The first-order valence-electron chi connectivity index (χ1n) is 20.5. The van der Waals surface area contributed by atoms with Crippen LogP contribution in [0.2, 0.25) is 0 Å². The summed E-state index contributed by atoms with van der Waals surface area (Å²) in [6.45, 7) is 9.82. The fourth-order valence-electron chi connectivity index (χ4n) is 9.68. The molecule has 0 radical (unpaired) electrons. The molecule has 1 saturated carbocycles. The number of carbonyl (C=O) groups is 3. The van der Waals surface area contributed by atoms with E-state index in [9.17, 15) is 14.4 Å². The van der Waals surface area contributed by atoms with Crippen LogP contribution in [-0.2, 0) is 20.2 Å². The molecule has 2 saturated heterocycles. The predicted octanol–water partition coefficient (Wildman–Crippen LogP) is 9.25. The van der Waals surface area contributed by atoms with E-state index in [0.717, 1.165) is 42.3 Å². The fourth-order valence-corrected chi connectivity index (χ4v) is 9.68. The average Bonchev–Trinajstić information content (AvgIpc) is 4.06. The maximum absolute atomic E-state index is 16.5. The number of aromatic nitrogens is 4. The number of ether oxygens (including phenoxy) is 2. The van der Waals surface area contributed by atoms with Gasteiger partial charge in [0.25, 0.3) is 5.92 Å². The summed E-state index contributed by atoms with van der Waals surface area (Å²) in [4.78, 5) is 58.8. The minimum Gasteiger partial charge on any atom is -0.453 e. The Morgan fingerprint density at radius 2 is 1.61 bits per heavy atom. The van der Waals surface area contributed by atoms with E-state index in [1.165, 1.54) is 13.2 Å². The second-order valence-electron chi connectivity index (χ2n) is 17.7. The molecule has 3 N–H and O–H groups in total. The zero-order valence-electron chi connectivity index (χ0n) is 34.1. The molecule has 12 nitrogen and oxygen atoms in total. The van der Waals surface area contributed by atoms with Gasteiger partial charge in [0.1, 0.15) is 23.3 Å². The third-order valence-corrected chi connectivity index (χ3v) is 12.5. The van der Waals surface area contributed by atoms with Gasteiger partial charge in [0.2, 0.25) is 5.91 Å². The Balaban J connectivity index is 0.955. The molecule has 5 aromatic rings. The minimum absolute atomic E-state index is 0.0618. The van der Waals surface area contributed by atoms with Crippen molar-refractivity contribution >= 4 is 29.1 Å². The van der Waals surface area contributed by atoms with Crippen LogP contribution in [0.5, 0.6) is 0 Å². The summed E-state index contributed by atoms with van der Waals surface area (Å²) in [6.07, 6.45) is 4.93. The number of piperidine rings is 1. The molecule has 9 rings (SSSR count). The van der Waals surface area contributed by atoms with E-state index >= 15 is 8.78 Å². The zero-order valence-corrected chi connectivity index (χ0v) is 34.1. The molecule has 5 atom stereocenters. The molecule has 2 aliphatic heterocycles. The molecule has 5 unspecified atom stereocenters. The molecule has 2 aromatic heterocycles. The number of nitrogens with zero attached hydrogens (tertiary/aromatic N) is 4. The predicted molar refractivity (Wildman–Crippen MR) is 217 cm³/mol. The number of rotatable bonds is 7. The molecule has 3 aromatic carbocycles. The highest BCUT2D eigenvalue weighted by atomic mass is 19.3. The summed E-state index contributed by atoms with van der Waals surface area (Å²) in [7, 11) is 1.26. The van der Waals surface area contributed by atoms with Crippen LogP contribution < -0.4 is 5.32 Å². The number of likely N-dealkylation sites (tertiary alicyclic amines) is 2. The maximum atomic E-state index is 16.5. The highest BCUT2D eigenvalue weighted by molar-refractivity contribution is 5.88. The number of halogens is 2. The van der Waals surface area contributed by atoms with Gasteiger partial charge in [-0.25, -0.2) is 19.6 Å². The van der Waals surface area contributed by atoms with E-state index in [1.54, 1.807) is 29.3 Å². The highest BCUT2D eigenvalue weighted by Gasteiger charge is 2.51. The molecule has 3 amide bonds. The van der Waals surface area contributed by atoms with E-state index in [4.69, 9.17) is 14.5 Å². The van der Waals surface area contributed by atoms with Crippen LogP contribution in [0.3, 0.4) is 0 Å². The number of nitrogens with one attached hydrogen (secondary N) is 3. The van der Waals surface area contributed by atoms with Crippen molar-refractivity contribution in [2.45, 2.75) is 102 Å². The molecule has 0 spiro atoms. The molecule has 14 heteroatoms. The van der Waals surface area contributed by atoms with Gasteiger partial charge in [0, 0.05) is 29.3 Å². The normalized spacial score (nSPS) is 22.2. The van der Waals surface area contributed by atoms with Crippen molar-refractivity contribution in [1.29, 1.82) is 0 Å². The van der Waals surface area contributed by atoms with Crippen LogP contribution in [0.4, 0.5) is 18.4 Å². The van der Waals surface area contributed by atoms with Gasteiger partial charge in [-0.3, -0.25) is 9.69 Å². The SMILES string of the molecule is COC(=O)NC(C(=O)N1CCCC1c1ncc(-c2ccc3c(c2)C(F)(F)c2cc(-c4ccc5nc(C6C7CCC(C7)N6C(=O)OC(C)(C)C)[nH]c5c4)ccc2-3)[nH]1)C(C)C. The zero-order chi connectivity index (χ0) is 41.5. The lowest BCUT2D eigenvalue weighted by molar-refractivity contribution is -0.135. The van der Waals surface area contributed by atoms with Gasteiger partial charge in [0.15, 0.2) is 0 Å². The van der Waals surface area contributed by atoms with Crippen molar-refractivity contribution in [2.75, 3.05) is 13.7 Å². The van der Waals surface area contributed by atoms with Crippen LogP contribution in [0.25, 0.3) is 44.5 Å². The maximum Gasteiger partial charge on any atom is 0.411 e. The van der Waals surface area contributed by atoms with Crippen LogP contribution >= 0.6 is 0 Å².